The van der Waals surface area contributed by atoms with Gasteiger partial charge in [-0.15, -0.1) is 0 Å². The second-order valence-electron chi connectivity index (χ2n) is 5.44. The number of nitrogens with two attached hydrogens (primary N) is 1. The number of carbonyl (C=O) groups is 1. The molecule has 0 aliphatic carbocycles. The summed E-state index contributed by atoms with van der Waals surface area (Å²) < 4.78 is 10.7. The molecule has 1 saturated heterocycles. The monoisotopic (exact) mass is 244 g/mol. The van der Waals surface area contributed by atoms with Crippen LogP contribution in [0.4, 0.5) is 4.79 Å². The van der Waals surface area contributed by atoms with Crippen molar-refractivity contribution in [2.45, 2.75) is 51.8 Å². The molecular formula is C12H24N2O3. The second kappa shape index (κ2) is 5.69. The maximum Gasteiger partial charge on any atom is 0.410 e. The van der Waals surface area contributed by atoms with Crippen molar-refractivity contribution in [1.82, 2.24) is 4.90 Å². The smallest absolute Gasteiger partial charge is 0.410 e. The van der Waals surface area contributed by atoms with Crippen molar-refractivity contribution in [3.05, 3.63) is 0 Å². The minimum Gasteiger partial charge on any atom is -0.444 e. The van der Waals surface area contributed by atoms with E-state index < -0.39 is 5.60 Å². The molecular weight excluding hydrogens is 220 g/mol. The van der Waals surface area contributed by atoms with Crippen LogP contribution in [-0.2, 0) is 9.47 Å². The van der Waals surface area contributed by atoms with Crippen molar-refractivity contribution >= 4 is 6.09 Å². The van der Waals surface area contributed by atoms with Crippen molar-refractivity contribution in [2.24, 2.45) is 5.73 Å². The van der Waals surface area contributed by atoms with E-state index in [0.717, 1.165) is 6.42 Å². The summed E-state index contributed by atoms with van der Waals surface area (Å²) in [5.74, 6) is 0. The van der Waals surface area contributed by atoms with Crippen molar-refractivity contribution in [2.75, 3.05) is 19.8 Å². The number of carbonyl (C=O) groups excluding carboxylic acids is 1. The van der Waals surface area contributed by atoms with Crippen LogP contribution in [0.25, 0.3) is 0 Å². The fourth-order valence-electron chi connectivity index (χ4n) is 1.91. The molecule has 0 aromatic rings. The van der Waals surface area contributed by atoms with E-state index >= 15 is 0 Å². The van der Waals surface area contributed by atoms with Crippen LogP contribution in [0.3, 0.4) is 0 Å². The molecule has 1 fully saturated rings. The average Bonchev–Trinajstić information content (AvgIpc) is 2.54. The highest BCUT2D eigenvalue weighted by atomic mass is 16.6. The highest BCUT2D eigenvalue weighted by Crippen LogP contribution is 2.20. The topological polar surface area (TPSA) is 64.8 Å². The summed E-state index contributed by atoms with van der Waals surface area (Å²) in [6.45, 7) is 9.24. The molecule has 1 unspecified atom stereocenters. The van der Waals surface area contributed by atoms with Gasteiger partial charge < -0.3 is 20.1 Å². The Hall–Kier alpha value is -0.810. The maximum atomic E-state index is 12.0. The van der Waals surface area contributed by atoms with E-state index in [1.54, 1.807) is 4.90 Å². The molecule has 0 aromatic heterocycles. The van der Waals surface area contributed by atoms with Crippen LogP contribution < -0.4 is 5.73 Å². The highest BCUT2D eigenvalue weighted by molar-refractivity contribution is 5.69. The molecule has 5 nitrogen and oxygen atoms in total. The molecule has 5 heteroatoms. The zero-order valence-electron chi connectivity index (χ0n) is 11.2. The molecule has 0 radical (unpaired) electrons. The molecule has 0 saturated carbocycles. The summed E-state index contributed by atoms with van der Waals surface area (Å²) in [7, 11) is 0. The largest absolute Gasteiger partial charge is 0.444 e. The Balaban J connectivity index is 2.57. The molecule has 0 aromatic carbocycles. The molecule has 0 spiro atoms. The summed E-state index contributed by atoms with van der Waals surface area (Å²) in [4.78, 5) is 13.7. The lowest BCUT2D eigenvalue weighted by atomic mass is 10.2. The van der Waals surface area contributed by atoms with Gasteiger partial charge in [-0.3, -0.25) is 0 Å². The molecule has 1 aliphatic heterocycles. The van der Waals surface area contributed by atoms with Crippen LogP contribution in [0.2, 0.25) is 0 Å². The minimum absolute atomic E-state index is 0.0213. The fourth-order valence-corrected chi connectivity index (χ4v) is 1.91. The van der Waals surface area contributed by atoms with E-state index in [0.29, 0.717) is 19.8 Å². The quantitative estimate of drug-likeness (QED) is 0.814. The Labute approximate surface area is 103 Å². The predicted molar refractivity (Wildman–Crippen MR) is 65.8 cm³/mol. The molecule has 1 amide bonds. The van der Waals surface area contributed by atoms with E-state index in [2.05, 4.69) is 0 Å². The second-order valence-corrected chi connectivity index (χ2v) is 5.44. The van der Waals surface area contributed by atoms with Gasteiger partial charge in [0.15, 0.2) is 0 Å². The van der Waals surface area contributed by atoms with Crippen LogP contribution in [0.1, 0.15) is 34.1 Å². The Morgan fingerprint density at radius 2 is 2.12 bits per heavy atom. The summed E-state index contributed by atoms with van der Waals surface area (Å²) in [5.41, 5.74) is 5.41. The van der Waals surface area contributed by atoms with Crippen LogP contribution >= 0.6 is 0 Å². The first kappa shape index (κ1) is 14.3. The van der Waals surface area contributed by atoms with Gasteiger partial charge in [-0.25, -0.2) is 4.79 Å². The molecule has 2 N–H and O–H groups in total. The van der Waals surface area contributed by atoms with Gasteiger partial charge in [0, 0.05) is 19.2 Å². The Morgan fingerprint density at radius 3 is 2.65 bits per heavy atom. The summed E-state index contributed by atoms with van der Waals surface area (Å²) in [5, 5.41) is 0. The molecule has 1 rings (SSSR count). The van der Waals surface area contributed by atoms with Crippen molar-refractivity contribution in [3.8, 4) is 0 Å². The SMILES string of the molecule is CCOCC1C[C@@H](N)CN1C(=O)OC(C)(C)C. The highest BCUT2D eigenvalue weighted by Gasteiger charge is 2.35. The standard InChI is InChI=1S/C12H24N2O3/c1-5-16-8-10-6-9(13)7-14(10)11(15)17-12(2,3)4/h9-10H,5-8,13H2,1-4H3/t9-,10?/m1/s1. The van der Waals surface area contributed by atoms with Gasteiger partial charge in [0.2, 0.25) is 0 Å². The lowest BCUT2D eigenvalue weighted by Gasteiger charge is -2.28. The maximum absolute atomic E-state index is 12.0. The number of hydrogen-bond donors (Lipinski definition) is 1. The van der Waals surface area contributed by atoms with Gasteiger partial charge in [-0.05, 0) is 34.1 Å². The van der Waals surface area contributed by atoms with Crippen LogP contribution in [0.5, 0.6) is 0 Å². The zero-order valence-corrected chi connectivity index (χ0v) is 11.2. The number of nitrogens with zero attached hydrogens (tertiary/aromatic N) is 1. The fraction of sp³-hybridized carbons (Fsp3) is 0.917. The van der Waals surface area contributed by atoms with Gasteiger partial charge in [-0.2, -0.15) is 0 Å². The Morgan fingerprint density at radius 1 is 1.47 bits per heavy atom. The first-order chi connectivity index (χ1) is 7.83. The molecule has 1 aliphatic rings. The Bertz CT molecular complexity index is 263. The van der Waals surface area contributed by atoms with Crippen molar-refractivity contribution < 1.29 is 14.3 Å². The third-order valence-electron chi connectivity index (χ3n) is 2.59. The number of hydrogen-bond acceptors (Lipinski definition) is 4. The minimum atomic E-state index is -0.472. The molecule has 2 atom stereocenters. The Kier molecular flexibility index (Phi) is 4.77. The predicted octanol–water partition coefficient (Wildman–Crippen LogP) is 1.36. The van der Waals surface area contributed by atoms with E-state index in [1.165, 1.54) is 0 Å². The lowest BCUT2D eigenvalue weighted by Crippen LogP contribution is -2.42. The number of ether oxygens (including phenoxy) is 2. The first-order valence-electron chi connectivity index (χ1n) is 6.16. The molecule has 0 bridgehead atoms. The first-order valence-corrected chi connectivity index (χ1v) is 6.16. The number of amides is 1. The van der Waals surface area contributed by atoms with Crippen LogP contribution in [-0.4, -0.2) is 48.4 Å². The number of rotatable bonds is 3. The van der Waals surface area contributed by atoms with E-state index in [1.807, 2.05) is 27.7 Å². The van der Waals surface area contributed by atoms with Crippen LogP contribution in [0.15, 0.2) is 0 Å². The normalized spacial score (nSPS) is 25.1. The lowest BCUT2D eigenvalue weighted by molar-refractivity contribution is 0.0116. The molecule has 1 heterocycles. The summed E-state index contributed by atoms with van der Waals surface area (Å²) >= 11 is 0. The van der Waals surface area contributed by atoms with Crippen molar-refractivity contribution in [3.63, 3.8) is 0 Å². The zero-order chi connectivity index (χ0) is 13.1. The van der Waals surface area contributed by atoms with Gasteiger partial charge in [0.05, 0.1) is 12.6 Å². The molecule has 100 valence electrons. The third kappa shape index (κ3) is 4.52. The van der Waals surface area contributed by atoms with Crippen LogP contribution in [0, 0.1) is 0 Å². The van der Waals surface area contributed by atoms with E-state index in [4.69, 9.17) is 15.2 Å². The number of likely N-dealkylation sites (tertiary alicyclic amines) is 1. The van der Waals surface area contributed by atoms with E-state index in [9.17, 15) is 4.79 Å². The van der Waals surface area contributed by atoms with Gasteiger partial charge in [0.25, 0.3) is 0 Å². The average molecular weight is 244 g/mol. The van der Waals surface area contributed by atoms with Crippen molar-refractivity contribution in [1.29, 1.82) is 0 Å². The summed E-state index contributed by atoms with van der Waals surface area (Å²) in [6, 6.07) is 0.0628. The third-order valence-corrected chi connectivity index (χ3v) is 2.59. The van der Waals surface area contributed by atoms with Gasteiger partial charge >= 0.3 is 6.09 Å². The van der Waals surface area contributed by atoms with Gasteiger partial charge in [-0.1, -0.05) is 0 Å². The summed E-state index contributed by atoms with van der Waals surface area (Å²) in [6.07, 6.45) is 0.481. The molecule has 17 heavy (non-hydrogen) atoms. The van der Waals surface area contributed by atoms with Gasteiger partial charge in [0.1, 0.15) is 5.60 Å². The van der Waals surface area contributed by atoms with E-state index in [-0.39, 0.29) is 18.2 Å².